The van der Waals surface area contributed by atoms with Gasteiger partial charge < -0.3 is 9.64 Å². The van der Waals surface area contributed by atoms with Gasteiger partial charge in [-0.25, -0.2) is 17.6 Å². The highest BCUT2D eigenvalue weighted by molar-refractivity contribution is 7.89. The number of amides is 1. The first-order chi connectivity index (χ1) is 16.0. The van der Waals surface area contributed by atoms with E-state index in [1.807, 2.05) is 0 Å². The molecule has 3 rings (SSSR count). The summed E-state index contributed by atoms with van der Waals surface area (Å²) in [7, 11) is -4.14. The van der Waals surface area contributed by atoms with Gasteiger partial charge in [-0.2, -0.15) is 4.31 Å². The second-order valence-corrected chi connectivity index (χ2v) is 9.82. The summed E-state index contributed by atoms with van der Waals surface area (Å²) >= 11 is 0. The summed E-state index contributed by atoms with van der Waals surface area (Å²) in [6, 6.07) is 7.86. The first-order valence-corrected chi connectivity index (χ1v) is 12.4. The molecule has 182 valence electrons. The molecule has 0 aliphatic carbocycles. The van der Waals surface area contributed by atoms with E-state index in [0.717, 1.165) is 33.8 Å². The van der Waals surface area contributed by atoms with E-state index in [1.54, 1.807) is 36.9 Å². The fraction of sp³-hybridized carbons (Fsp3) is 0.375. The third kappa shape index (κ3) is 4.88. The van der Waals surface area contributed by atoms with Crippen molar-refractivity contribution in [2.75, 3.05) is 24.5 Å². The zero-order chi connectivity index (χ0) is 25.2. The third-order valence-electron chi connectivity index (χ3n) is 5.78. The Hall–Kier alpha value is -3.11. The van der Waals surface area contributed by atoms with E-state index >= 15 is 0 Å². The first kappa shape index (κ1) is 25.5. The van der Waals surface area contributed by atoms with Gasteiger partial charge in [0.1, 0.15) is 10.7 Å². The fourth-order valence-corrected chi connectivity index (χ4v) is 5.48. The number of fused-ring (bicyclic) bond motifs is 1. The van der Waals surface area contributed by atoms with Gasteiger partial charge in [-0.05, 0) is 55.3 Å². The minimum absolute atomic E-state index is 0.0817. The molecule has 1 aliphatic rings. The van der Waals surface area contributed by atoms with Crippen molar-refractivity contribution in [3.8, 4) is 0 Å². The maximum Gasteiger partial charge on any atom is 0.338 e. The minimum Gasteiger partial charge on any atom is -0.451 e. The average molecular weight is 491 g/mol. The summed E-state index contributed by atoms with van der Waals surface area (Å²) in [5.41, 5.74) is 1.75. The monoisotopic (exact) mass is 490 g/mol. The van der Waals surface area contributed by atoms with Crippen LogP contribution in [0.1, 0.15) is 54.0 Å². The molecule has 2 aromatic carbocycles. The van der Waals surface area contributed by atoms with Gasteiger partial charge in [0.15, 0.2) is 6.10 Å². The van der Waals surface area contributed by atoms with Crippen LogP contribution in [0.15, 0.2) is 41.3 Å². The number of anilines is 1. The van der Waals surface area contributed by atoms with Crippen LogP contribution in [0.25, 0.3) is 0 Å². The second kappa shape index (κ2) is 10.0. The van der Waals surface area contributed by atoms with Gasteiger partial charge in [0.2, 0.25) is 21.7 Å². The van der Waals surface area contributed by atoms with Gasteiger partial charge in [0, 0.05) is 37.8 Å². The molecule has 0 aromatic heterocycles. The Labute approximate surface area is 198 Å². The van der Waals surface area contributed by atoms with Crippen molar-refractivity contribution in [1.82, 2.24) is 4.31 Å². The second-order valence-electron chi connectivity index (χ2n) is 7.91. The van der Waals surface area contributed by atoms with E-state index < -0.39 is 38.6 Å². The fourth-order valence-electron chi connectivity index (χ4n) is 3.93. The van der Waals surface area contributed by atoms with E-state index in [-0.39, 0.29) is 24.6 Å². The van der Waals surface area contributed by atoms with Crippen LogP contribution in [0.3, 0.4) is 0 Å². The SMILES string of the molecule is CCN(CC)S(=O)(=O)c1cc(C(=O)O[C@H](C)C(=O)c2ccc3c(c2)CCN3C(C)=O)ccc1F. The number of ether oxygens (including phenoxy) is 1. The van der Waals surface area contributed by atoms with E-state index in [1.165, 1.54) is 13.8 Å². The number of hydrogen-bond donors (Lipinski definition) is 0. The van der Waals surface area contributed by atoms with Gasteiger partial charge in [-0.3, -0.25) is 9.59 Å². The van der Waals surface area contributed by atoms with Crippen molar-refractivity contribution in [3.05, 3.63) is 58.9 Å². The Morgan fingerprint density at radius 1 is 1.09 bits per heavy atom. The maximum atomic E-state index is 14.3. The first-order valence-electron chi connectivity index (χ1n) is 11.0. The standard InChI is InChI=1S/C24H27FN2O6S/c1-5-26(6-2)34(31,32)22-14-19(7-9-20(22)25)24(30)33-15(3)23(29)18-8-10-21-17(13-18)11-12-27(21)16(4)28/h7-10,13-15H,5-6,11-12H2,1-4H3/t15-/m1/s1. The van der Waals surface area contributed by atoms with Crippen LogP contribution in [-0.4, -0.2) is 56.1 Å². The van der Waals surface area contributed by atoms with E-state index in [4.69, 9.17) is 4.74 Å². The van der Waals surface area contributed by atoms with Crippen LogP contribution >= 0.6 is 0 Å². The number of halogens is 1. The molecule has 1 amide bonds. The largest absolute Gasteiger partial charge is 0.451 e. The predicted octanol–water partition coefficient (Wildman–Crippen LogP) is 3.19. The van der Waals surface area contributed by atoms with Crippen molar-refractivity contribution >= 4 is 33.4 Å². The molecule has 34 heavy (non-hydrogen) atoms. The Kier molecular flexibility index (Phi) is 7.52. The molecular formula is C24H27FN2O6S. The van der Waals surface area contributed by atoms with Crippen LogP contribution in [0.2, 0.25) is 0 Å². The zero-order valence-corrected chi connectivity index (χ0v) is 20.3. The predicted molar refractivity (Wildman–Crippen MR) is 124 cm³/mol. The van der Waals surface area contributed by atoms with Crippen molar-refractivity contribution in [2.45, 2.75) is 45.1 Å². The van der Waals surface area contributed by atoms with Gasteiger partial charge >= 0.3 is 5.97 Å². The molecule has 8 nitrogen and oxygen atoms in total. The normalized spacial score (nSPS) is 14.1. The van der Waals surface area contributed by atoms with E-state index in [2.05, 4.69) is 0 Å². The molecule has 10 heteroatoms. The smallest absolute Gasteiger partial charge is 0.338 e. The molecule has 0 saturated carbocycles. The number of esters is 1. The molecule has 0 fully saturated rings. The lowest BCUT2D eigenvalue weighted by molar-refractivity contribution is -0.116. The number of ketones is 1. The number of nitrogens with zero attached hydrogens (tertiary/aromatic N) is 2. The summed E-state index contributed by atoms with van der Waals surface area (Å²) in [4.78, 5) is 38.2. The number of rotatable bonds is 8. The molecule has 1 heterocycles. The summed E-state index contributed by atoms with van der Waals surface area (Å²) in [6.07, 6.45) is -0.549. The van der Waals surface area contributed by atoms with Gasteiger partial charge in [-0.1, -0.05) is 13.8 Å². The lowest BCUT2D eigenvalue weighted by Crippen LogP contribution is -2.31. The third-order valence-corrected chi connectivity index (χ3v) is 7.85. The quantitative estimate of drug-likeness (QED) is 0.416. The summed E-state index contributed by atoms with van der Waals surface area (Å²) < 4.78 is 46.1. The molecule has 0 saturated heterocycles. The molecule has 1 aliphatic heterocycles. The highest BCUT2D eigenvalue weighted by atomic mass is 32.2. The van der Waals surface area contributed by atoms with Crippen molar-refractivity contribution in [1.29, 1.82) is 0 Å². The molecule has 0 unspecified atom stereocenters. The highest BCUT2D eigenvalue weighted by Gasteiger charge is 2.29. The van der Waals surface area contributed by atoms with Crippen LogP contribution in [0.5, 0.6) is 0 Å². The van der Waals surface area contributed by atoms with Crippen LogP contribution in [-0.2, 0) is 26.0 Å². The Morgan fingerprint density at radius 2 is 1.74 bits per heavy atom. The van der Waals surface area contributed by atoms with Crippen molar-refractivity contribution in [2.24, 2.45) is 0 Å². The number of Topliss-reactive ketones (excluding diaryl/α,β-unsaturated/α-hetero) is 1. The molecule has 0 bridgehead atoms. The highest BCUT2D eigenvalue weighted by Crippen LogP contribution is 2.29. The molecular weight excluding hydrogens is 463 g/mol. The van der Waals surface area contributed by atoms with Crippen molar-refractivity contribution < 1.29 is 31.9 Å². The lowest BCUT2D eigenvalue weighted by Gasteiger charge is -2.19. The maximum absolute atomic E-state index is 14.3. The minimum atomic E-state index is -4.14. The average Bonchev–Trinajstić information content (AvgIpc) is 3.22. The summed E-state index contributed by atoms with van der Waals surface area (Å²) in [6.45, 7) is 6.96. The van der Waals surface area contributed by atoms with Gasteiger partial charge in [0.25, 0.3) is 0 Å². The molecule has 0 spiro atoms. The van der Waals surface area contributed by atoms with E-state index in [0.29, 0.717) is 18.5 Å². The number of benzene rings is 2. The number of carbonyl (C=O) groups is 3. The zero-order valence-electron chi connectivity index (χ0n) is 19.5. The van der Waals surface area contributed by atoms with Crippen molar-refractivity contribution in [3.63, 3.8) is 0 Å². The Morgan fingerprint density at radius 3 is 2.35 bits per heavy atom. The Balaban J connectivity index is 1.79. The van der Waals surface area contributed by atoms with Crippen LogP contribution in [0.4, 0.5) is 10.1 Å². The topological polar surface area (TPSA) is 101 Å². The van der Waals surface area contributed by atoms with Crippen LogP contribution < -0.4 is 4.90 Å². The van der Waals surface area contributed by atoms with Gasteiger partial charge in [-0.15, -0.1) is 0 Å². The number of carbonyl (C=O) groups excluding carboxylic acids is 3. The lowest BCUT2D eigenvalue weighted by atomic mass is 10.0. The number of hydrogen-bond acceptors (Lipinski definition) is 6. The van der Waals surface area contributed by atoms with Gasteiger partial charge in [0.05, 0.1) is 5.56 Å². The van der Waals surface area contributed by atoms with Crippen LogP contribution in [0, 0.1) is 5.82 Å². The molecule has 1 atom stereocenters. The summed E-state index contributed by atoms with van der Waals surface area (Å²) in [5, 5.41) is 0. The molecule has 2 aromatic rings. The molecule has 0 radical (unpaired) electrons. The molecule has 0 N–H and O–H groups in total. The number of sulfonamides is 1. The Bertz CT molecular complexity index is 1240. The van der Waals surface area contributed by atoms with E-state index in [9.17, 15) is 27.2 Å². The summed E-state index contributed by atoms with van der Waals surface area (Å²) in [5.74, 6) is -2.46.